The lowest BCUT2D eigenvalue weighted by Crippen LogP contribution is -2.68. The van der Waals surface area contributed by atoms with Gasteiger partial charge >= 0.3 is 5.97 Å². The second kappa shape index (κ2) is 16.5. The Labute approximate surface area is 293 Å². The molecule has 0 aliphatic carbocycles. The van der Waals surface area contributed by atoms with Crippen LogP contribution >= 0.6 is 11.8 Å². The maximum absolute atomic E-state index is 13.6. The average molecular weight is 698 g/mol. The molecule has 0 spiro atoms. The molecule has 5 rings (SSSR count). The summed E-state index contributed by atoms with van der Waals surface area (Å²) in [5.74, 6) is 0.178. The lowest BCUT2D eigenvalue weighted by Gasteiger charge is -2.47. The number of thioether (sulfide) groups is 1. The van der Waals surface area contributed by atoms with E-state index < -0.39 is 44.1 Å². The predicted octanol–water partition coefficient (Wildman–Crippen LogP) is 7.15. The van der Waals surface area contributed by atoms with E-state index in [4.69, 9.17) is 23.4 Å². The largest absolute Gasteiger partial charge is 0.497 e. The van der Waals surface area contributed by atoms with Crippen molar-refractivity contribution in [1.82, 2.24) is 0 Å². The number of carbonyl (C=O) groups excluding carboxylic acids is 1. The van der Waals surface area contributed by atoms with Crippen LogP contribution in [0.3, 0.4) is 0 Å². The van der Waals surface area contributed by atoms with Crippen molar-refractivity contribution in [2.75, 3.05) is 20.0 Å². The van der Waals surface area contributed by atoms with Gasteiger partial charge in [0.1, 0.15) is 35.5 Å². The van der Waals surface area contributed by atoms with E-state index in [0.29, 0.717) is 5.56 Å². The van der Waals surface area contributed by atoms with Gasteiger partial charge in [-0.25, -0.2) is 4.79 Å². The quantitative estimate of drug-likeness (QED) is 0.0480. The molecule has 9 nitrogen and oxygen atoms in total. The van der Waals surface area contributed by atoms with Crippen LogP contribution in [-0.2, 0) is 25.2 Å². The van der Waals surface area contributed by atoms with Crippen LogP contribution in [0.25, 0.3) is 10.4 Å². The average Bonchev–Trinajstić information content (AvgIpc) is 3.13. The number of ether oxygens (including phenoxy) is 4. The standard InChI is InChI=1S/C38H43N3O6SSi/c1-38(2,3)49(30-17-11-7-12-18-30,31-19-13-8-14-20-31)45-26-32-34(44-25-27-21-23-29(43-4)24-22-27)35(33(40-41-39)37(46-32)48-5)47-36(42)28-15-9-6-10-16-28/h6-24,32-35,37H,25-26H2,1-5H3/t32?,33?,34-,35+,37+/m1/s1. The summed E-state index contributed by atoms with van der Waals surface area (Å²) in [6.07, 6.45) is -0.622. The summed E-state index contributed by atoms with van der Waals surface area (Å²) in [5, 5.41) is 6.07. The smallest absolute Gasteiger partial charge is 0.338 e. The van der Waals surface area contributed by atoms with E-state index in [2.05, 4.69) is 55.1 Å². The molecule has 0 bridgehead atoms. The van der Waals surface area contributed by atoms with E-state index in [1.165, 1.54) is 11.8 Å². The molecule has 1 saturated heterocycles. The minimum Gasteiger partial charge on any atom is -0.497 e. The van der Waals surface area contributed by atoms with Crippen molar-refractivity contribution in [3.8, 4) is 5.75 Å². The number of carbonyl (C=O) groups is 1. The number of azide groups is 1. The Hall–Kier alpha value is -4.09. The number of methoxy groups -OCH3 is 1. The molecule has 2 unspecified atom stereocenters. The highest BCUT2D eigenvalue weighted by atomic mass is 32.2. The van der Waals surface area contributed by atoms with Crippen molar-refractivity contribution in [3.63, 3.8) is 0 Å². The van der Waals surface area contributed by atoms with Gasteiger partial charge in [0.25, 0.3) is 8.32 Å². The van der Waals surface area contributed by atoms with Gasteiger partial charge in [0, 0.05) is 4.91 Å². The fourth-order valence-electron chi connectivity index (χ4n) is 6.39. The number of nitrogens with zero attached hydrogens (tertiary/aromatic N) is 3. The molecule has 0 amide bonds. The summed E-state index contributed by atoms with van der Waals surface area (Å²) < 4.78 is 32.2. The number of benzene rings is 4. The van der Waals surface area contributed by atoms with Crippen molar-refractivity contribution in [2.45, 2.75) is 62.2 Å². The van der Waals surface area contributed by atoms with E-state index >= 15 is 0 Å². The first-order valence-corrected chi connectivity index (χ1v) is 19.4. The first-order chi connectivity index (χ1) is 23.7. The van der Waals surface area contributed by atoms with E-state index in [1.807, 2.05) is 73.0 Å². The van der Waals surface area contributed by atoms with Crippen LogP contribution in [0, 0.1) is 0 Å². The minimum atomic E-state index is -2.98. The number of rotatable bonds is 13. The zero-order chi connectivity index (χ0) is 34.9. The predicted molar refractivity (Wildman–Crippen MR) is 196 cm³/mol. The molecule has 11 heteroatoms. The summed E-state index contributed by atoms with van der Waals surface area (Å²) >= 11 is 1.38. The second-order valence-corrected chi connectivity index (χ2v) is 18.0. The number of hydrogen-bond donors (Lipinski definition) is 0. The maximum atomic E-state index is 13.6. The maximum Gasteiger partial charge on any atom is 0.338 e. The van der Waals surface area contributed by atoms with Crippen LogP contribution in [0.15, 0.2) is 120 Å². The number of esters is 1. The first kappa shape index (κ1) is 36.2. The Morgan fingerprint density at radius 2 is 1.45 bits per heavy atom. The molecule has 1 aliphatic heterocycles. The van der Waals surface area contributed by atoms with E-state index in [9.17, 15) is 10.3 Å². The zero-order valence-electron chi connectivity index (χ0n) is 28.5. The lowest BCUT2D eigenvalue weighted by molar-refractivity contribution is -0.189. The summed E-state index contributed by atoms with van der Waals surface area (Å²) in [4.78, 5) is 16.7. The molecule has 4 aromatic rings. The summed E-state index contributed by atoms with van der Waals surface area (Å²) in [6.45, 7) is 6.96. The molecule has 256 valence electrons. The van der Waals surface area contributed by atoms with Gasteiger partial charge in [-0.05, 0) is 57.0 Å². The fraction of sp³-hybridized carbons (Fsp3) is 0.342. The van der Waals surface area contributed by atoms with E-state index in [0.717, 1.165) is 21.7 Å². The minimum absolute atomic E-state index is 0.139. The van der Waals surface area contributed by atoms with Crippen molar-refractivity contribution >= 4 is 36.4 Å². The molecule has 1 fully saturated rings. The molecular weight excluding hydrogens is 655 g/mol. The third kappa shape index (κ3) is 8.21. The Balaban J connectivity index is 1.56. The molecule has 4 aromatic carbocycles. The van der Waals surface area contributed by atoms with Gasteiger partial charge in [-0.1, -0.05) is 117 Å². The van der Waals surface area contributed by atoms with Crippen molar-refractivity contribution < 1.29 is 28.2 Å². The van der Waals surface area contributed by atoms with Gasteiger partial charge in [-0.15, -0.1) is 11.8 Å². The first-order valence-electron chi connectivity index (χ1n) is 16.2. The van der Waals surface area contributed by atoms with Crippen molar-refractivity contribution in [1.29, 1.82) is 0 Å². The van der Waals surface area contributed by atoms with Crippen molar-refractivity contribution in [2.24, 2.45) is 5.11 Å². The van der Waals surface area contributed by atoms with Gasteiger partial charge in [-0.3, -0.25) is 0 Å². The Bertz CT molecular complexity index is 1650. The fourth-order valence-corrected chi connectivity index (χ4v) is 11.7. The van der Waals surface area contributed by atoms with Gasteiger partial charge in [0.15, 0.2) is 0 Å². The van der Waals surface area contributed by atoms with E-state index in [-0.39, 0.29) is 18.3 Å². The normalized spacial score (nSPS) is 21.0. The molecule has 5 atom stereocenters. The molecule has 1 aliphatic rings. The summed E-state index contributed by atoms with van der Waals surface area (Å²) in [5.41, 5.74) is 10.3. The highest BCUT2D eigenvalue weighted by Crippen LogP contribution is 2.39. The molecule has 0 radical (unpaired) electrons. The second-order valence-electron chi connectivity index (χ2n) is 12.8. The lowest BCUT2D eigenvalue weighted by atomic mass is 9.97. The van der Waals surface area contributed by atoms with Crippen LogP contribution in [-0.4, -0.2) is 64.0 Å². The van der Waals surface area contributed by atoms with Crippen LogP contribution in [0.1, 0.15) is 36.7 Å². The van der Waals surface area contributed by atoms with Crippen LogP contribution in [0.2, 0.25) is 5.04 Å². The topological polar surface area (TPSA) is 112 Å². The van der Waals surface area contributed by atoms with Gasteiger partial charge in [-0.2, -0.15) is 0 Å². The molecule has 49 heavy (non-hydrogen) atoms. The monoisotopic (exact) mass is 697 g/mol. The van der Waals surface area contributed by atoms with E-state index in [1.54, 1.807) is 31.4 Å². The Kier molecular flexibility index (Phi) is 12.2. The van der Waals surface area contributed by atoms with Gasteiger partial charge < -0.3 is 23.4 Å². The SMILES string of the molecule is COc1ccc(CO[C@@H]2C(CO[Si](c3ccccc3)(c3ccccc3)C(C)(C)C)O[C@@H](SC)C(N=[N+]=[N-])[C@@H]2OC(=O)c2ccccc2)cc1. The molecule has 0 N–H and O–H groups in total. The highest BCUT2D eigenvalue weighted by molar-refractivity contribution is 7.99. The molecule has 0 aromatic heterocycles. The van der Waals surface area contributed by atoms with Crippen LogP contribution < -0.4 is 15.1 Å². The molecule has 0 saturated carbocycles. The molecule has 1 heterocycles. The van der Waals surface area contributed by atoms with Crippen LogP contribution in [0.5, 0.6) is 5.75 Å². The summed E-state index contributed by atoms with van der Waals surface area (Å²) in [7, 11) is -1.36. The molecular formula is C38H43N3O6SSi. The number of hydrogen-bond acceptors (Lipinski definition) is 8. The van der Waals surface area contributed by atoms with Crippen LogP contribution in [0.4, 0.5) is 0 Å². The van der Waals surface area contributed by atoms with Gasteiger partial charge in [0.2, 0.25) is 0 Å². The van der Waals surface area contributed by atoms with Crippen molar-refractivity contribution in [3.05, 3.63) is 137 Å². The van der Waals surface area contributed by atoms with Gasteiger partial charge in [0.05, 0.1) is 25.9 Å². The summed E-state index contributed by atoms with van der Waals surface area (Å²) in [6, 6.07) is 36.2. The third-order valence-corrected chi connectivity index (χ3v) is 14.6. The third-order valence-electron chi connectivity index (χ3n) is 8.77. The zero-order valence-corrected chi connectivity index (χ0v) is 30.3. The Morgan fingerprint density at radius 1 is 0.878 bits per heavy atom. The highest BCUT2D eigenvalue weighted by Gasteiger charge is 2.53. The Morgan fingerprint density at radius 3 is 1.96 bits per heavy atom.